The molecule has 1 fully saturated rings. The van der Waals surface area contributed by atoms with Crippen molar-refractivity contribution in [2.24, 2.45) is 0 Å². The van der Waals surface area contributed by atoms with Gasteiger partial charge in [-0.25, -0.2) is 4.79 Å². The molecule has 0 saturated carbocycles. The SMILES string of the molecule is CC(C)(C)OC(=O)N1CCC(NC(=O)Cc2ccc(Br)cc2)CC1. The molecular weight excluding hydrogens is 372 g/mol. The van der Waals surface area contributed by atoms with Gasteiger partial charge in [-0.15, -0.1) is 0 Å². The van der Waals surface area contributed by atoms with Gasteiger partial charge in [-0.1, -0.05) is 28.1 Å². The van der Waals surface area contributed by atoms with Gasteiger partial charge in [0.1, 0.15) is 5.60 Å². The molecule has 1 aromatic rings. The third-order valence-corrected chi connectivity index (χ3v) is 4.32. The fourth-order valence-corrected chi connectivity index (χ4v) is 2.86. The van der Waals surface area contributed by atoms with Gasteiger partial charge in [0.15, 0.2) is 0 Å². The number of piperidine rings is 1. The molecule has 6 heteroatoms. The van der Waals surface area contributed by atoms with Crippen LogP contribution in [0, 0.1) is 0 Å². The Hall–Kier alpha value is -1.56. The molecule has 0 aromatic heterocycles. The molecule has 1 saturated heterocycles. The number of nitrogens with one attached hydrogen (secondary N) is 1. The molecule has 24 heavy (non-hydrogen) atoms. The predicted molar refractivity (Wildman–Crippen MR) is 96.8 cm³/mol. The molecule has 0 unspecified atom stereocenters. The zero-order valence-corrected chi connectivity index (χ0v) is 16.1. The number of rotatable bonds is 3. The molecule has 1 N–H and O–H groups in total. The molecule has 2 rings (SSSR count). The number of amides is 2. The second kappa shape index (κ2) is 8.01. The van der Waals surface area contributed by atoms with Crippen molar-refractivity contribution in [2.75, 3.05) is 13.1 Å². The molecule has 1 heterocycles. The van der Waals surface area contributed by atoms with E-state index in [0.717, 1.165) is 22.9 Å². The fraction of sp³-hybridized carbons (Fsp3) is 0.556. The number of carbonyl (C=O) groups excluding carboxylic acids is 2. The highest BCUT2D eigenvalue weighted by Gasteiger charge is 2.27. The van der Waals surface area contributed by atoms with E-state index in [0.29, 0.717) is 19.5 Å². The minimum absolute atomic E-state index is 0.0213. The Labute approximate surface area is 151 Å². The maximum Gasteiger partial charge on any atom is 0.410 e. The van der Waals surface area contributed by atoms with Crippen LogP contribution in [0.25, 0.3) is 0 Å². The molecule has 0 aliphatic carbocycles. The van der Waals surface area contributed by atoms with E-state index in [9.17, 15) is 9.59 Å². The highest BCUT2D eigenvalue weighted by atomic mass is 79.9. The largest absolute Gasteiger partial charge is 0.444 e. The van der Waals surface area contributed by atoms with E-state index in [-0.39, 0.29) is 18.0 Å². The third kappa shape index (κ3) is 6.15. The van der Waals surface area contributed by atoms with Crippen molar-refractivity contribution in [3.63, 3.8) is 0 Å². The lowest BCUT2D eigenvalue weighted by Gasteiger charge is -2.33. The summed E-state index contributed by atoms with van der Waals surface area (Å²) in [6.07, 6.45) is 1.61. The van der Waals surface area contributed by atoms with Crippen molar-refractivity contribution < 1.29 is 14.3 Å². The van der Waals surface area contributed by atoms with Gasteiger partial charge < -0.3 is 15.0 Å². The lowest BCUT2D eigenvalue weighted by molar-refractivity contribution is -0.121. The van der Waals surface area contributed by atoms with E-state index in [4.69, 9.17) is 4.74 Å². The Kier molecular flexibility index (Phi) is 6.27. The summed E-state index contributed by atoms with van der Waals surface area (Å²) in [6, 6.07) is 7.86. The van der Waals surface area contributed by atoms with Crippen LogP contribution in [0.4, 0.5) is 4.79 Å². The van der Waals surface area contributed by atoms with Crippen LogP contribution in [-0.4, -0.2) is 41.6 Å². The molecule has 5 nitrogen and oxygen atoms in total. The zero-order valence-electron chi connectivity index (χ0n) is 14.5. The average Bonchev–Trinajstić information content (AvgIpc) is 2.48. The van der Waals surface area contributed by atoms with Gasteiger partial charge in [0.25, 0.3) is 0 Å². The highest BCUT2D eigenvalue weighted by Crippen LogP contribution is 2.16. The minimum Gasteiger partial charge on any atom is -0.444 e. The summed E-state index contributed by atoms with van der Waals surface area (Å²) in [4.78, 5) is 25.9. The first-order chi connectivity index (χ1) is 11.2. The number of ether oxygens (including phenoxy) is 1. The smallest absolute Gasteiger partial charge is 0.410 e. The zero-order chi connectivity index (χ0) is 17.7. The number of carbonyl (C=O) groups is 2. The summed E-state index contributed by atoms with van der Waals surface area (Å²) in [7, 11) is 0. The molecule has 0 atom stereocenters. The van der Waals surface area contributed by atoms with Crippen molar-refractivity contribution in [1.29, 1.82) is 0 Å². The summed E-state index contributed by atoms with van der Waals surface area (Å²) in [5, 5.41) is 3.06. The first-order valence-electron chi connectivity index (χ1n) is 8.25. The first kappa shape index (κ1) is 18.8. The highest BCUT2D eigenvalue weighted by molar-refractivity contribution is 9.10. The van der Waals surface area contributed by atoms with Gasteiger partial charge in [0, 0.05) is 23.6 Å². The van der Waals surface area contributed by atoms with E-state index < -0.39 is 5.60 Å². The second-order valence-corrected chi connectivity index (χ2v) is 8.03. The Morgan fingerprint density at radius 3 is 2.33 bits per heavy atom. The van der Waals surface area contributed by atoms with Gasteiger partial charge >= 0.3 is 6.09 Å². The van der Waals surface area contributed by atoms with Crippen LogP contribution in [0.15, 0.2) is 28.7 Å². The Bertz CT molecular complexity index is 573. The predicted octanol–water partition coefficient (Wildman–Crippen LogP) is 3.51. The van der Waals surface area contributed by atoms with E-state index >= 15 is 0 Å². The Morgan fingerprint density at radius 2 is 1.79 bits per heavy atom. The number of hydrogen-bond donors (Lipinski definition) is 1. The Morgan fingerprint density at radius 1 is 1.21 bits per heavy atom. The number of halogens is 1. The van der Waals surface area contributed by atoms with Crippen molar-refractivity contribution in [3.8, 4) is 0 Å². The van der Waals surface area contributed by atoms with E-state index in [2.05, 4.69) is 21.2 Å². The number of benzene rings is 1. The molecule has 0 bridgehead atoms. The second-order valence-electron chi connectivity index (χ2n) is 7.11. The maximum absolute atomic E-state index is 12.1. The van der Waals surface area contributed by atoms with Crippen LogP contribution in [0.5, 0.6) is 0 Å². The molecule has 1 aromatic carbocycles. The molecule has 2 amide bonds. The summed E-state index contributed by atoms with van der Waals surface area (Å²) in [5.41, 5.74) is 0.509. The summed E-state index contributed by atoms with van der Waals surface area (Å²) in [6.45, 7) is 6.80. The van der Waals surface area contributed by atoms with Crippen LogP contribution in [0.2, 0.25) is 0 Å². The monoisotopic (exact) mass is 396 g/mol. The quantitative estimate of drug-likeness (QED) is 0.849. The standard InChI is InChI=1S/C18H25BrN2O3/c1-18(2,3)24-17(23)21-10-8-15(9-11-21)20-16(22)12-13-4-6-14(19)7-5-13/h4-7,15H,8-12H2,1-3H3,(H,20,22). The normalized spacial score (nSPS) is 15.9. The molecule has 132 valence electrons. The van der Waals surface area contributed by atoms with E-state index in [1.165, 1.54) is 0 Å². The average molecular weight is 397 g/mol. The Balaban J connectivity index is 1.75. The van der Waals surface area contributed by atoms with Crippen LogP contribution >= 0.6 is 15.9 Å². The first-order valence-corrected chi connectivity index (χ1v) is 9.04. The lowest BCUT2D eigenvalue weighted by atomic mass is 10.0. The van der Waals surface area contributed by atoms with Crippen molar-refractivity contribution in [3.05, 3.63) is 34.3 Å². The summed E-state index contributed by atoms with van der Waals surface area (Å²) >= 11 is 3.38. The van der Waals surface area contributed by atoms with Crippen molar-refractivity contribution in [2.45, 2.75) is 51.7 Å². The third-order valence-electron chi connectivity index (χ3n) is 3.79. The summed E-state index contributed by atoms with van der Waals surface area (Å²) < 4.78 is 6.38. The van der Waals surface area contributed by atoms with Crippen LogP contribution < -0.4 is 5.32 Å². The van der Waals surface area contributed by atoms with Gasteiger partial charge in [-0.3, -0.25) is 4.79 Å². The van der Waals surface area contributed by atoms with E-state index in [1.807, 2.05) is 45.0 Å². The molecule has 1 aliphatic rings. The topological polar surface area (TPSA) is 58.6 Å². The van der Waals surface area contributed by atoms with Crippen LogP contribution in [0.1, 0.15) is 39.2 Å². The number of nitrogens with zero attached hydrogens (tertiary/aromatic N) is 1. The van der Waals surface area contributed by atoms with E-state index in [1.54, 1.807) is 4.90 Å². The van der Waals surface area contributed by atoms with Crippen molar-refractivity contribution >= 4 is 27.9 Å². The number of likely N-dealkylation sites (tertiary alicyclic amines) is 1. The van der Waals surface area contributed by atoms with Gasteiger partial charge in [0.05, 0.1) is 6.42 Å². The molecule has 1 aliphatic heterocycles. The molecule has 0 radical (unpaired) electrons. The van der Waals surface area contributed by atoms with Gasteiger partial charge in [-0.2, -0.15) is 0 Å². The molecule has 0 spiro atoms. The number of hydrogen-bond acceptors (Lipinski definition) is 3. The van der Waals surface area contributed by atoms with Crippen LogP contribution in [-0.2, 0) is 16.0 Å². The fourth-order valence-electron chi connectivity index (χ4n) is 2.60. The van der Waals surface area contributed by atoms with Crippen molar-refractivity contribution in [1.82, 2.24) is 10.2 Å². The van der Waals surface area contributed by atoms with Gasteiger partial charge in [-0.05, 0) is 51.3 Å². The lowest BCUT2D eigenvalue weighted by Crippen LogP contribution is -2.48. The van der Waals surface area contributed by atoms with Gasteiger partial charge in [0.2, 0.25) is 5.91 Å². The minimum atomic E-state index is -0.479. The molecular formula is C18H25BrN2O3. The maximum atomic E-state index is 12.1. The summed E-state index contributed by atoms with van der Waals surface area (Å²) in [5.74, 6) is 0.0213. The van der Waals surface area contributed by atoms with Crippen LogP contribution in [0.3, 0.4) is 0 Å².